The fraction of sp³-hybridized carbons (Fsp3) is 0.571. The molecule has 0 spiro atoms. The van der Waals surface area contributed by atoms with Crippen LogP contribution in [-0.2, 0) is 11.2 Å². The van der Waals surface area contributed by atoms with E-state index < -0.39 is 0 Å². The highest BCUT2D eigenvalue weighted by molar-refractivity contribution is 5.37. The zero-order chi connectivity index (χ0) is 11.7. The Morgan fingerprint density at radius 2 is 2.18 bits per heavy atom. The maximum absolute atomic E-state index is 5.88. The monoisotopic (exact) mass is 233 g/mol. The van der Waals surface area contributed by atoms with Crippen LogP contribution < -0.4 is 10.5 Å². The van der Waals surface area contributed by atoms with Gasteiger partial charge in [0.25, 0.3) is 0 Å². The fourth-order valence-electron chi connectivity index (χ4n) is 2.72. The first-order valence-electron chi connectivity index (χ1n) is 6.43. The summed E-state index contributed by atoms with van der Waals surface area (Å²) in [6.07, 6.45) is 4.69. The van der Waals surface area contributed by atoms with Crippen molar-refractivity contribution in [2.75, 3.05) is 6.61 Å². The maximum Gasteiger partial charge on any atom is 0.126 e. The smallest absolute Gasteiger partial charge is 0.126 e. The first kappa shape index (κ1) is 11.1. The number of benzene rings is 1. The average molecular weight is 233 g/mol. The minimum absolute atomic E-state index is 0.184. The van der Waals surface area contributed by atoms with Crippen molar-refractivity contribution in [3.05, 3.63) is 29.8 Å². The van der Waals surface area contributed by atoms with Crippen molar-refractivity contribution >= 4 is 0 Å². The largest absolute Gasteiger partial charge is 0.487 e. The second kappa shape index (κ2) is 4.67. The zero-order valence-corrected chi connectivity index (χ0v) is 9.97. The highest BCUT2D eigenvalue weighted by Gasteiger charge is 2.26. The predicted octanol–water partition coefficient (Wildman–Crippen LogP) is 1.89. The molecular formula is C14H19NO2. The number of hydrogen-bond donors (Lipinski definition) is 1. The van der Waals surface area contributed by atoms with Crippen molar-refractivity contribution in [2.45, 2.75) is 43.9 Å². The molecule has 1 aliphatic carbocycles. The number of fused-ring (bicyclic) bond motifs is 1. The number of rotatable bonds is 3. The van der Waals surface area contributed by atoms with Crippen LogP contribution >= 0.6 is 0 Å². The van der Waals surface area contributed by atoms with Gasteiger partial charge in [0, 0.05) is 12.5 Å². The fourth-order valence-corrected chi connectivity index (χ4v) is 2.72. The van der Waals surface area contributed by atoms with Gasteiger partial charge in [-0.05, 0) is 30.9 Å². The number of hydrogen-bond acceptors (Lipinski definition) is 3. The summed E-state index contributed by atoms with van der Waals surface area (Å²) in [6, 6.07) is 8.56. The van der Waals surface area contributed by atoms with E-state index in [0.717, 1.165) is 31.4 Å². The predicted molar refractivity (Wildman–Crippen MR) is 66.1 cm³/mol. The van der Waals surface area contributed by atoms with Crippen LogP contribution in [0, 0.1) is 0 Å². The molecule has 0 radical (unpaired) electrons. The average Bonchev–Trinajstić information content (AvgIpc) is 2.91. The van der Waals surface area contributed by atoms with E-state index in [9.17, 15) is 0 Å². The third-order valence-electron chi connectivity index (χ3n) is 3.66. The second-order valence-electron chi connectivity index (χ2n) is 5.08. The van der Waals surface area contributed by atoms with Crippen molar-refractivity contribution in [3.63, 3.8) is 0 Å². The van der Waals surface area contributed by atoms with Crippen LogP contribution in [0.2, 0.25) is 0 Å². The van der Waals surface area contributed by atoms with Gasteiger partial charge in [0.2, 0.25) is 0 Å². The third-order valence-corrected chi connectivity index (χ3v) is 3.66. The molecule has 1 aliphatic heterocycles. The van der Waals surface area contributed by atoms with Gasteiger partial charge in [-0.25, -0.2) is 0 Å². The Kier molecular flexibility index (Phi) is 3.04. The number of nitrogens with two attached hydrogens (primary N) is 1. The molecule has 3 atom stereocenters. The van der Waals surface area contributed by atoms with Gasteiger partial charge in [-0.3, -0.25) is 0 Å². The van der Waals surface area contributed by atoms with Gasteiger partial charge in [0.1, 0.15) is 11.9 Å². The first-order chi connectivity index (χ1) is 8.31. The van der Waals surface area contributed by atoms with Gasteiger partial charge in [0.05, 0.1) is 12.7 Å². The molecule has 0 aromatic heterocycles. The third kappa shape index (κ3) is 2.45. The normalized spacial score (nSPS) is 31.2. The van der Waals surface area contributed by atoms with E-state index in [1.165, 1.54) is 5.56 Å². The summed E-state index contributed by atoms with van der Waals surface area (Å²) in [7, 11) is 0. The molecule has 3 rings (SSSR count). The van der Waals surface area contributed by atoms with Crippen LogP contribution in [0.3, 0.4) is 0 Å². The lowest BCUT2D eigenvalue weighted by Gasteiger charge is -2.15. The molecule has 0 amide bonds. The molecule has 0 saturated heterocycles. The van der Waals surface area contributed by atoms with Crippen LogP contribution in [-0.4, -0.2) is 24.9 Å². The highest BCUT2D eigenvalue weighted by atomic mass is 16.5. The van der Waals surface area contributed by atoms with Crippen LogP contribution in [0.5, 0.6) is 5.75 Å². The minimum atomic E-state index is 0.184. The molecule has 0 bridgehead atoms. The van der Waals surface area contributed by atoms with Crippen molar-refractivity contribution < 1.29 is 9.47 Å². The topological polar surface area (TPSA) is 44.5 Å². The Morgan fingerprint density at radius 3 is 2.94 bits per heavy atom. The van der Waals surface area contributed by atoms with Crippen molar-refractivity contribution in [3.8, 4) is 5.75 Å². The summed E-state index contributed by atoms with van der Waals surface area (Å²) < 4.78 is 11.7. The lowest BCUT2D eigenvalue weighted by Crippen LogP contribution is -2.25. The van der Waals surface area contributed by atoms with E-state index >= 15 is 0 Å². The summed E-state index contributed by atoms with van der Waals surface area (Å²) >= 11 is 0. The molecule has 2 N–H and O–H groups in total. The van der Waals surface area contributed by atoms with Gasteiger partial charge in [-0.1, -0.05) is 18.2 Å². The van der Waals surface area contributed by atoms with Crippen LogP contribution in [0.1, 0.15) is 24.8 Å². The van der Waals surface area contributed by atoms with Crippen molar-refractivity contribution in [2.24, 2.45) is 5.73 Å². The lowest BCUT2D eigenvalue weighted by atomic mass is 10.1. The van der Waals surface area contributed by atoms with E-state index in [0.29, 0.717) is 18.8 Å². The van der Waals surface area contributed by atoms with Gasteiger partial charge in [-0.2, -0.15) is 0 Å². The molecule has 1 saturated carbocycles. The molecule has 3 nitrogen and oxygen atoms in total. The molecule has 2 aliphatic rings. The van der Waals surface area contributed by atoms with Crippen molar-refractivity contribution in [1.82, 2.24) is 0 Å². The molecule has 3 heteroatoms. The van der Waals surface area contributed by atoms with Gasteiger partial charge in [-0.15, -0.1) is 0 Å². The van der Waals surface area contributed by atoms with E-state index in [2.05, 4.69) is 12.1 Å². The number of para-hydroxylation sites is 1. The summed E-state index contributed by atoms with van der Waals surface area (Å²) in [5.41, 5.74) is 7.16. The molecule has 1 aromatic rings. The van der Waals surface area contributed by atoms with E-state index in [1.807, 2.05) is 12.1 Å². The Hall–Kier alpha value is -1.06. The quantitative estimate of drug-likeness (QED) is 0.867. The zero-order valence-electron chi connectivity index (χ0n) is 9.97. The summed E-state index contributed by atoms with van der Waals surface area (Å²) in [5.74, 6) is 1.02. The molecule has 17 heavy (non-hydrogen) atoms. The van der Waals surface area contributed by atoms with E-state index in [-0.39, 0.29) is 6.10 Å². The highest BCUT2D eigenvalue weighted by Crippen LogP contribution is 2.29. The van der Waals surface area contributed by atoms with Crippen LogP contribution in [0.15, 0.2) is 24.3 Å². The first-order valence-corrected chi connectivity index (χ1v) is 6.43. The lowest BCUT2D eigenvalue weighted by molar-refractivity contribution is 0.00978. The minimum Gasteiger partial charge on any atom is -0.487 e. The molecule has 1 fully saturated rings. The van der Waals surface area contributed by atoms with Crippen LogP contribution in [0.25, 0.3) is 0 Å². The second-order valence-corrected chi connectivity index (χ2v) is 5.08. The van der Waals surface area contributed by atoms with E-state index in [4.69, 9.17) is 15.2 Å². The standard InChI is InChI=1S/C14H19NO2/c15-11-5-6-12(8-11)16-9-13-7-10-3-1-2-4-14(10)17-13/h1-4,11-13H,5-9,15H2. The molecule has 1 heterocycles. The van der Waals surface area contributed by atoms with Crippen LogP contribution in [0.4, 0.5) is 0 Å². The summed E-state index contributed by atoms with van der Waals surface area (Å²) in [6.45, 7) is 0.687. The molecular weight excluding hydrogens is 214 g/mol. The van der Waals surface area contributed by atoms with E-state index in [1.54, 1.807) is 0 Å². The number of ether oxygens (including phenoxy) is 2. The summed E-state index contributed by atoms with van der Waals surface area (Å²) in [4.78, 5) is 0. The van der Waals surface area contributed by atoms with Gasteiger partial charge >= 0.3 is 0 Å². The Bertz CT molecular complexity index is 369. The Labute approximate surface area is 102 Å². The molecule has 3 unspecified atom stereocenters. The Balaban J connectivity index is 1.49. The van der Waals surface area contributed by atoms with Crippen molar-refractivity contribution in [1.29, 1.82) is 0 Å². The maximum atomic E-state index is 5.88. The molecule has 1 aromatic carbocycles. The molecule has 92 valence electrons. The summed E-state index contributed by atoms with van der Waals surface area (Å²) in [5, 5.41) is 0. The van der Waals surface area contributed by atoms with Gasteiger partial charge < -0.3 is 15.2 Å². The SMILES string of the molecule is NC1CCC(OCC2Cc3ccccc3O2)C1. The Morgan fingerprint density at radius 1 is 1.29 bits per heavy atom. The van der Waals surface area contributed by atoms with Gasteiger partial charge in [0.15, 0.2) is 0 Å².